The van der Waals surface area contributed by atoms with Crippen LogP contribution in [0.3, 0.4) is 0 Å². The Labute approximate surface area is 121 Å². The first-order valence-electron chi connectivity index (χ1n) is 7.88. The number of amides is 1. The third-order valence-corrected chi connectivity index (χ3v) is 4.57. The molecule has 3 rings (SSSR count). The van der Waals surface area contributed by atoms with Crippen molar-refractivity contribution in [3.63, 3.8) is 0 Å². The van der Waals surface area contributed by atoms with E-state index in [-0.39, 0.29) is 5.91 Å². The predicted octanol–water partition coefficient (Wildman–Crippen LogP) is 2.84. The second-order valence-electron chi connectivity index (χ2n) is 6.10. The van der Waals surface area contributed by atoms with E-state index in [1.807, 2.05) is 11.0 Å². The van der Waals surface area contributed by atoms with Crippen molar-refractivity contribution in [1.82, 2.24) is 4.90 Å². The summed E-state index contributed by atoms with van der Waals surface area (Å²) in [5, 5.41) is 0. The molecule has 3 nitrogen and oxygen atoms in total. The molecule has 2 aliphatic heterocycles. The second kappa shape index (κ2) is 5.96. The third-order valence-electron chi connectivity index (χ3n) is 4.57. The molecule has 1 saturated heterocycles. The van der Waals surface area contributed by atoms with Crippen LogP contribution in [0.15, 0.2) is 24.3 Å². The first-order valence-corrected chi connectivity index (χ1v) is 7.88. The van der Waals surface area contributed by atoms with Crippen LogP contribution in [0.5, 0.6) is 0 Å². The molecule has 1 aromatic carbocycles. The molecule has 1 aromatic rings. The van der Waals surface area contributed by atoms with E-state index in [2.05, 4.69) is 30.0 Å². The van der Waals surface area contributed by atoms with Crippen molar-refractivity contribution in [1.29, 1.82) is 0 Å². The van der Waals surface area contributed by atoms with Crippen molar-refractivity contribution in [2.75, 3.05) is 24.5 Å². The first kappa shape index (κ1) is 13.6. The van der Waals surface area contributed by atoms with Gasteiger partial charge in [0.2, 0.25) is 5.91 Å². The molecule has 1 unspecified atom stereocenters. The van der Waals surface area contributed by atoms with Gasteiger partial charge in [0.15, 0.2) is 0 Å². The number of fused-ring (bicyclic) bond motifs is 1. The van der Waals surface area contributed by atoms with Gasteiger partial charge in [-0.15, -0.1) is 0 Å². The summed E-state index contributed by atoms with van der Waals surface area (Å²) in [5.41, 5.74) is 2.44. The maximum Gasteiger partial charge on any atom is 0.228 e. The van der Waals surface area contributed by atoms with Crippen LogP contribution in [0, 0.1) is 0 Å². The predicted molar refractivity (Wildman–Crippen MR) is 82.0 cm³/mol. The van der Waals surface area contributed by atoms with Crippen molar-refractivity contribution in [2.45, 2.75) is 45.1 Å². The molecule has 0 N–H and O–H groups in total. The van der Waals surface area contributed by atoms with Crippen LogP contribution >= 0.6 is 0 Å². The van der Waals surface area contributed by atoms with Gasteiger partial charge < -0.3 is 9.80 Å². The molecule has 1 amide bonds. The Morgan fingerprint density at radius 2 is 1.95 bits per heavy atom. The molecule has 0 radical (unpaired) electrons. The zero-order chi connectivity index (χ0) is 13.9. The fourth-order valence-electron chi connectivity index (χ4n) is 3.50. The Kier molecular flexibility index (Phi) is 4.06. The van der Waals surface area contributed by atoms with Gasteiger partial charge in [0.1, 0.15) is 0 Å². The molecule has 2 aliphatic rings. The Balaban J connectivity index is 1.62. The van der Waals surface area contributed by atoms with Gasteiger partial charge in [-0.25, -0.2) is 0 Å². The monoisotopic (exact) mass is 272 g/mol. The number of rotatable bonds is 3. The summed E-state index contributed by atoms with van der Waals surface area (Å²) in [6.07, 6.45) is 5.57. The van der Waals surface area contributed by atoms with Crippen LogP contribution < -0.4 is 4.90 Å². The molecule has 3 heteroatoms. The molecule has 1 atom stereocenters. The molecule has 0 spiro atoms. The van der Waals surface area contributed by atoms with Crippen molar-refractivity contribution < 1.29 is 4.79 Å². The van der Waals surface area contributed by atoms with Crippen LogP contribution in [0.1, 0.15) is 38.2 Å². The molecule has 0 aliphatic carbocycles. The summed E-state index contributed by atoms with van der Waals surface area (Å²) in [4.78, 5) is 17.0. The number of benzene rings is 1. The SMILES string of the molecule is CC1Cc2ccccc2N1C(=O)CCN1CCCCC1. The van der Waals surface area contributed by atoms with Gasteiger partial charge >= 0.3 is 0 Å². The normalized spacial score (nSPS) is 22.9. The average Bonchev–Trinajstić information content (AvgIpc) is 2.82. The summed E-state index contributed by atoms with van der Waals surface area (Å²) >= 11 is 0. The Hall–Kier alpha value is -1.35. The first-order chi connectivity index (χ1) is 9.75. The van der Waals surface area contributed by atoms with Gasteiger partial charge in [-0.2, -0.15) is 0 Å². The Morgan fingerprint density at radius 1 is 1.20 bits per heavy atom. The molecule has 108 valence electrons. The topological polar surface area (TPSA) is 23.6 Å². The Morgan fingerprint density at radius 3 is 2.75 bits per heavy atom. The number of carbonyl (C=O) groups is 1. The molecule has 0 aromatic heterocycles. The van der Waals surface area contributed by atoms with Gasteiger partial charge in [-0.1, -0.05) is 24.6 Å². The van der Waals surface area contributed by atoms with Crippen molar-refractivity contribution in [3.8, 4) is 0 Å². The van der Waals surface area contributed by atoms with Gasteiger partial charge in [-0.3, -0.25) is 4.79 Å². The van der Waals surface area contributed by atoms with Crippen LogP contribution in [0.4, 0.5) is 5.69 Å². The van der Waals surface area contributed by atoms with Crippen molar-refractivity contribution in [2.24, 2.45) is 0 Å². The number of anilines is 1. The minimum atomic E-state index is 0.285. The largest absolute Gasteiger partial charge is 0.309 e. The van der Waals surface area contributed by atoms with Crippen LogP contribution in [-0.4, -0.2) is 36.5 Å². The molecule has 1 fully saturated rings. The highest BCUT2D eigenvalue weighted by Crippen LogP contribution is 2.32. The lowest BCUT2D eigenvalue weighted by Gasteiger charge is -2.28. The molecular formula is C17H24N2O. The van der Waals surface area contributed by atoms with Gasteiger partial charge in [0.25, 0.3) is 0 Å². The Bertz CT molecular complexity index is 480. The molecule has 2 heterocycles. The van der Waals surface area contributed by atoms with E-state index in [0.717, 1.165) is 18.7 Å². The van der Waals surface area contributed by atoms with E-state index in [4.69, 9.17) is 0 Å². The number of para-hydroxylation sites is 1. The van der Waals surface area contributed by atoms with E-state index < -0.39 is 0 Å². The zero-order valence-corrected chi connectivity index (χ0v) is 12.3. The van der Waals surface area contributed by atoms with E-state index >= 15 is 0 Å². The zero-order valence-electron chi connectivity index (χ0n) is 12.3. The summed E-state index contributed by atoms with van der Waals surface area (Å²) in [7, 11) is 0. The number of hydrogen-bond donors (Lipinski definition) is 0. The lowest BCUT2D eigenvalue weighted by atomic mass is 10.1. The quantitative estimate of drug-likeness (QED) is 0.844. The van der Waals surface area contributed by atoms with Gasteiger partial charge in [-0.05, 0) is 50.9 Å². The van der Waals surface area contributed by atoms with Crippen LogP contribution in [0.2, 0.25) is 0 Å². The molecule has 20 heavy (non-hydrogen) atoms. The fourth-order valence-corrected chi connectivity index (χ4v) is 3.50. The number of hydrogen-bond acceptors (Lipinski definition) is 2. The van der Waals surface area contributed by atoms with E-state index in [0.29, 0.717) is 12.5 Å². The number of likely N-dealkylation sites (tertiary alicyclic amines) is 1. The van der Waals surface area contributed by atoms with E-state index in [9.17, 15) is 4.79 Å². The molecule has 0 saturated carbocycles. The highest BCUT2D eigenvalue weighted by Gasteiger charge is 2.30. The summed E-state index contributed by atoms with van der Waals surface area (Å²) in [6.45, 7) is 5.40. The maximum atomic E-state index is 12.6. The van der Waals surface area contributed by atoms with Crippen LogP contribution in [0.25, 0.3) is 0 Å². The van der Waals surface area contributed by atoms with Crippen LogP contribution in [-0.2, 0) is 11.2 Å². The highest BCUT2D eigenvalue weighted by molar-refractivity contribution is 5.96. The lowest BCUT2D eigenvalue weighted by molar-refractivity contribution is -0.119. The van der Waals surface area contributed by atoms with Gasteiger partial charge in [0, 0.05) is 24.7 Å². The van der Waals surface area contributed by atoms with E-state index in [1.165, 1.54) is 37.9 Å². The molecule has 0 bridgehead atoms. The average molecular weight is 272 g/mol. The number of nitrogens with zero attached hydrogens (tertiary/aromatic N) is 2. The van der Waals surface area contributed by atoms with Gasteiger partial charge in [0.05, 0.1) is 0 Å². The van der Waals surface area contributed by atoms with Crippen molar-refractivity contribution >= 4 is 11.6 Å². The smallest absolute Gasteiger partial charge is 0.228 e. The van der Waals surface area contributed by atoms with E-state index in [1.54, 1.807) is 0 Å². The third kappa shape index (κ3) is 2.73. The summed E-state index contributed by atoms with van der Waals surface area (Å²) in [5.74, 6) is 0.285. The summed E-state index contributed by atoms with van der Waals surface area (Å²) in [6, 6.07) is 8.62. The maximum absolute atomic E-state index is 12.6. The minimum absolute atomic E-state index is 0.285. The highest BCUT2D eigenvalue weighted by atomic mass is 16.2. The second-order valence-corrected chi connectivity index (χ2v) is 6.10. The number of piperidine rings is 1. The number of carbonyl (C=O) groups excluding carboxylic acids is 1. The lowest BCUT2D eigenvalue weighted by Crippen LogP contribution is -2.39. The van der Waals surface area contributed by atoms with Crippen molar-refractivity contribution in [3.05, 3.63) is 29.8 Å². The molecular weight excluding hydrogens is 248 g/mol. The minimum Gasteiger partial charge on any atom is -0.309 e. The fraction of sp³-hybridized carbons (Fsp3) is 0.588. The summed E-state index contributed by atoms with van der Waals surface area (Å²) < 4.78 is 0. The standard InChI is InChI=1S/C17H24N2O/c1-14-13-15-7-3-4-8-16(15)19(14)17(20)9-12-18-10-5-2-6-11-18/h3-4,7-8,14H,2,5-6,9-13H2,1H3.